The molecule has 1 aliphatic heterocycles. The zero-order valence-corrected chi connectivity index (χ0v) is 17.4. The largest absolute Gasteiger partial charge is 0.496 e. The van der Waals surface area contributed by atoms with Crippen molar-refractivity contribution in [3.05, 3.63) is 35.7 Å². The van der Waals surface area contributed by atoms with E-state index >= 15 is 0 Å². The molecule has 0 spiro atoms. The number of hydrogen-bond donors (Lipinski definition) is 0. The zero-order valence-electron chi connectivity index (χ0n) is 16.6. The van der Waals surface area contributed by atoms with Crippen LogP contribution >= 0.6 is 0 Å². The summed E-state index contributed by atoms with van der Waals surface area (Å²) < 4.78 is 39.5. The Morgan fingerprint density at radius 2 is 2.00 bits per heavy atom. The normalized spacial score (nSPS) is 22.0. The van der Waals surface area contributed by atoms with Gasteiger partial charge in [-0.25, -0.2) is 17.7 Å². The Kier molecular flexibility index (Phi) is 5.20. The summed E-state index contributed by atoms with van der Waals surface area (Å²) in [6.45, 7) is 0.904. The van der Waals surface area contributed by atoms with Crippen LogP contribution in [0.25, 0.3) is 11.4 Å². The molecule has 1 fully saturated rings. The van der Waals surface area contributed by atoms with E-state index in [4.69, 9.17) is 9.47 Å². The monoisotopic (exact) mass is 405 g/mol. The molecule has 152 valence electrons. The van der Waals surface area contributed by atoms with Crippen LogP contribution in [-0.2, 0) is 27.6 Å². The van der Waals surface area contributed by atoms with Crippen molar-refractivity contribution in [2.75, 3.05) is 40.2 Å². The Balaban J connectivity index is 1.70. The number of aromatic nitrogens is 2. The molecule has 0 N–H and O–H groups in total. The molecule has 1 aromatic heterocycles. The number of sulfonamides is 1. The summed E-state index contributed by atoms with van der Waals surface area (Å²) in [6.07, 6.45) is 7.00. The van der Waals surface area contributed by atoms with Gasteiger partial charge in [-0.2, -0.15) is 0 Å². The van der Waals surface area contributed by atoms with Gasteiger partial charge in [0.2, 0.25) is 10.0 Å². The smallest absolute Gasteiger partial charge is 0.214 e. The maximum absolute atomic E-state index is 12.4. The van der Waals surface area contributed by atoms with Gasteiger partial charge in [0.1, 0.15) is 11.6 Å². The highest BCUT2D eigenvalue weighted by atomic mass is 32.2. The third kappa shape index (κ3) is 3.44. The predicted molar refractivity (Wildman–Crippen MR) is 107 cm³/mol. The summed E-state index contributed by atoms with van der Waals surface area (Å²) in [4.78, 5) is 4.60. The van der Waals surface area contributed by atoms with Crippen LogP contribution < -0.4 is 4.74 Å². The van der Waals surface area contributed by atoms with Crippen molar-refractivity contribution >= 4 is 10.0 Å². The molecular formula is C20H27N3O4S. The summed E-state index contributed by atoms with van der Waals surface area (Å²) in [5.41, 5.74) is 3.65. The molecule has 2 aliphatic rings. The first-order valence-electron chi connectivity index (χ1n) is 9.61. The van der Waals surface area contributed by atoms with E-state index in [0.29, 0.717) is 13.2 Å². The molecule has 0 saturated carbocycles. The lowest BCUT2D eigenvalue weighted by molar-refractivity contribution is 0.182. The van der Waals surface area contributed by atoms with Crippen LogP contribution in [0.4, 0.5) is 0 Å². The minimum atomic E-state index is -3.31. The fourth-order valence-electron chi connectivity index (χ4n) is 4.21. The number of fused-ring (bicyclic) bond motifs is 1. The molecule has 1 saturated heterocycles. The number of imidazole rings is 1. The van der Waals surface area contributed by atoms with E-state index in [-0.39, 0.29) is 17.7 Å². The van der Waals surface area contributed by atoms with Crippen LogP contribution in [-0.4, -0.2) is 62.4 Å². The van der Waals surface area contributed by atoms with E-state index in [1.807, 2.05) is 6.20 Å². The Bertz CT molecular complexity index is 968. The van der Waals surface area contributed by atoms with Crippen LogP contribution in [0.5, 0.6) is 5.75 Å². The molecule has 2 heterocycles. The lowest BCUT2D eigenvalue weighted by Crippen LogP contribution is -2.32. The lowest BCUT2D eigenvalue weighted by atomic mass is 10.0. The van der Waals surface area contributed by atoms with Crippen LogP contribution in [0, 0.1) is 5.92 Å². The molecule has 2 atom stereocenters. The van der Waals surface area contributed by atoms with Crippen molar-refractivity contribution in [2.45, 2.75) is 25.3 Å². The highest BCUT2D eigenvalue weighted by Crippen LogP contribution is 2.38. The van der Waals surface area contributed by atoms with Crippen molar-refractivity contribution < 1.29 is 17.9 Å². The molecule has 2 aromatic rings. The minimum absolute atomic E-state index is 0.0591. The fraction of sp³-hybridized carbons (Fsp3) is 0.550. The van der Waals surface area contributed by atoms with Crippen molar-refractivity contribution in [3.63, 3.8) is 0 Å². The number of rotatable bonds is 6. The highest BCUT2D eigenvalue weighted by Gasteiger charge is 2.35. The molecule has 0 unspecified atom stereocenters. The molecule has 0 amide bonds. The van der Waals surface area contributed by atoms with E-state index in [2.05, 4.69) is 21.7 Å². The second-order valence-corrected chi connectivity index (χ2v) is 9.99. The number of methoxy groups -OCH3 is 1. The first kappa shape index (κ1) is 19.4. The molecule has 1 aromatic carbocycles. The summed E-state index contributed by atoms with van der Waals surface area (Å²) in [5, 5.41) is 0. The summed E-state index contributed by atoms with van der Waals surface area (Å²) in [5.74, 6) is 1.54. The van der Waals surface area contributed by atoms with Gasteiger partial charge in [0, 0.05) is 32.4 Å². The average Bonchev–Trinajstić information content (AvgIpc) is 3.39. The molecule has 7 nitrogen and oxygen atoms in total. The second-order valence-electron chi connectivity index (χ2n) is 7.76. The second kappa shape index (κ2) is 7.50. The Morgan fingerprint density at radius 3 is 2.71 bits per heavy atom. The average molecular weight is 406 g/mol. The van der Waals surface area contributed by atoms with Gasteiger partial charge in [0.25, 0.3) is 0 Å². The van der Waals surface area contributed by atoms with Crippen LogP contribution in [0.15, 0.2) is 24.5 Å². The van der Waals surface area contributed by atoms with Gasteiger partial charge in [0.15, 0.2) is 0 Å². The fourth-order valence-corrected chi connectivity index (χ4v) is 5.37. The molecular weight excluding hydrogens is 378 g/mol. The maximum atomic E-state index is 12.4. The Hall–Kier alpha value is -1.90. The number of hydrogen-bond acceptors (Lipinski definition) is 5. The molecule has 1 aliphatic carbocycles. The van der Waals surface area contributed by atoms with Gasteiger partial charge in [-0.05, 0) is 42.5 Å². The predicted octanol–water partition coefficient (Wildman–Crippen LogP) is 2.13. The third-order valence-electron chi connectivity index (χ3n) is 5.83. The van der Waals surface area contributed by atoms with E-state index in [9.17, 15) is 8.42 Å². The standard InChI is InChI=1S/C20H27N3O4S/c1-22(2)28(24,25)13-16-11-27-12-18(16)23-8-7-21-20(23)17-9-14-5-4-6-15(14)10-19(17)26-3/h7-10,16,18H,4-6,11-13H2,1-3H3/t16-,18+/m0/s1. The Labute approximate surface area is 166 Å². The number of ether oxygens (including phenoxy) is 2. The molecule has 8 heteroatoms. The quantitative estimate of drug-likeness (QED) is 0.736. The number of benzene rings is 1. The van der Waals surface area contributed by atoms with Crippen molar-refractivity contribution in [3.8, 4) is 17.1 Å². The topological polar surface area (TPSA) is 73.7 Å². The van der Waals surface area contributed by atoms with E-state index in [0.717, 1.165) is 36.4 Å². The zero-order chi connectivity index (χ0) is 19.9. The highest BCUT2D eigenvalue weighted by molar-refractivity contribution is 7.89. The van der Waals surface area contributed by atoms with Crippen molar-refractivity contribution in [1.29, 1.82) is 0 Å². The first-order valence-corrected chi connectivity index (χ1v) is 11.2. The maximum Gasteiger partial charge on any atom is 0.214 e. The van der Waals surface area contributed by atoms with E-state index in [1.54, 1.807) is 27.4 Å². The van der Waals surface area contributed by atoms with Gasteiger partial charge in [-0.15, -0.1) is 0 Å². The van der Waals surface area contributed by atoms with Crippen LogP contribution in [0.1, 0.15) is 23.6 Å². The Morgan fingerprint density at radius 1 is 1.25 bits per heavy atom. The van der Waals surface area contributed by atoms with E-state index in [1.165, 1.54) is 15.4 Å². The number of aryl methyl sites for hydroxylation is 2. The molecule has 0 bridgehead atoms. The van der Waals surface area contributed by atoms with Gasteiger partial charge < -0.3 is 14.0 Å². The molecule has 28 heavy (non-hydrogen) atoms. The summed E-state index contributed by atoms with van der Waals surface area (Å²) in [7, 11) is 1.51. The van der Waals surface area contributed by atoms with Crippen LogP contribution in [0.2, 0.25) is 0 Å². The van der Waals surface area contributed by atoms with Crippen molar-refractivity contribution in [2.24, 2.45) is 5.92 Å². The van der Waals surface area contributed by atoms with Gasteiger partial charge in [0.05, 0.1) is 37.7 Å². The van der Waals surface area contributed by atoms with Gasteiger partial charge in [-0.3, -0.25) is 0 Å². The number of nitrogens with zero attached hydrogens (tertiary/aromatic N) is 3. The molecule has 0 radical (unpaired) electrons. The van der Waals surface area contributed by atoms with E-state index < -0.39 is 10.0 Å². The van der Waals surface area contributed by atoms with Crippen molar-refractivity contribution in [1.82, 2.24) is 13.9 Å². The summed E-state index contributed by atoms with van der Waals surface area (Å²) >= 11 is 0. The third-order valence-corrected chi connectivity index (χ3v) is 7.79. The first-order chi connectivity index (χ1) is 13.4. The van der Waals surface area contributed by atoms with Gasteiger partial charge in [-0.1, -0.05) is 0 Å². The van der Waals surface area contributed by atoms with Crippen LogP contribution in [0.3, 0.4) is 0 Å². The summed E-state index contributed by atoms with van der Waals surface area (Å²) in [6, 6.07) is 4.22. The lowest BCUT2D eigenvalue weighted by Gasteiger charge is -2.23. The minimum Gasteiger partial charge on any atom is -0.496 e. The van der Waals surface area contributed by atoms with Gasteiger partial charge >= 0.3 is 0 Å². The molecule has 4 rings (SSSR count). The SMILES string of the molecule is COc1cc2c(cc1-c1nccn1[C@@H]1COC[C@H]1CS(=O)(=O)N(C)C)CCC2.